The number of furan rings is 1. The second-order valence-electron chi connectivity index (χ2n) is 5.09. The monoisotopic (exact) mass is 355 g/mol. The maximum Gasteiger partial charge on any atom is 0.416 e. The van der Waals surface area contributed by atoms with Crippen LogP contribution in [0.4, 0.5) is 18.0 Å². The first-order valence-electron chi connectivity index (χ1n) is 7.31. The summed E-state index contributed by atoms with van der Waals surface area (Å²) >= 11 is 0. The van der Waals surface area contributed by atoms with Gasteiger partial charge in [-0.2, -0.15) is 13.2 Å². The van der Waals surface area contributed by atoms with E-state index in [-0.39, 0.29) is 19.6 Å². The van der Waals surface area contributed by atoms with Crippen molar-refractivity contribution in [1.29, 1.82) is 0 Å². The third kappa shape index (κ3) is 6.21. The average molecular weight is 355 g/mol. The Kier molecular flexibility index (Phi) is 6.04. The number of carbonyl (C=O) groups is 2. The molecule has 6 nitrogen and oxygen atoms in total. The Balaban J connectivity index is 1.71. The molecular weight excluding hydrogens is 339 g/mol. The molecule has 0 aliphatic heterocycles. The highest BCUT2D eigenvalue weighted by molar-refractivity contribution is 5.83. The van der Waals surface area contributed by atoms with Crippen molar-refractivity contribution in [3.8, 4) is 0 Å². The standard InChI is InChI=1S/C16H16F3N3O3/c17-16(18,19)12-4-1-3-11(7-12)8-21-15(24)22-10-14(23)20-9-13-5-2-6-25-13/h1-7H,8-10H2,(H,20,23)(H2,21,22,24). The van der Waals surface area contributed by atoms with Crippen LogP contribution in [0.25, 0.3) is 0 Å². The SMILES string of the molecule is O=C(CNC(=O)NCc1cccc(C(F)(F)F)c1)NCc1ccco1. The van der Waals surface area contributed by atoms with Crippen LogP contribution in [0.2, 0.25) is 0 Å². The first-order valence-corrected chi connectivity index (χ1v) is 7.31. The second-order valence-corrected chi connectivity index (χ2v) is 5.09. The number of hydrogen-bond acceptors (Lipinski definition) is 3. The minimum absolute atomic E-state index is 0.0935. The molecule has 1 heterocycles. The van der Waals surface area contributed by atoms with E-state index in [1.165, 1.54) is 18.4 Å². The first kappa shape index (κ1) is 18.4. The lowest BCUT2D eigenvalue weighted by Gasteiger charge is -2.10. The molecule has 0 aliphatic carbocycles. The van der Waals surface area contributed by atoms with Crippen molar-refractivity contribution in [1.82, 2.24) is 16.0 Å². The molecule has 0 atom stereocenters. The van der Waals surface area contributed by atoms with E-state index in [1.807, 2.05) is 0 Å². The van der Waals surface area contributed by atoms with Crippen molar-refractivity contribution in [2.45, 2.75) is 19.3 Å². The fraction of sp³-hybridized carbons (Fsp3) is 0.250. The van der Waals surface area contributed by atoms with Gasteiger partial charge in [0.15, 0.2) is 0 Å². The minimum atomic E-state index is -4.44. The molecule has 0 spiro atoms. The molecule has 2 aromatic rings. The summed E-state index contributed by atoms with van der Waals surface area (Å²) in [5, 5.41) is 7.24. The van der Waals surface area contributed by atoms with Gasteiger partial charge in [-0.25, -0.2) is 4.79 Å². The van der Waals surface area contributed by atoms with Crippen molar-refractivity contribution in [2.24, 2.45) is 0 Å². The number of nitrogens with one attached hydrogen (secondary N) is 3. The molecule has 3 amide bonds. The third-order valence-electron chi connectivity index (χ3n) is 3.16. The molecule has 3 N–H and O–H groups in total. The van der Waals surface area contributed by atoms with Gasteiger partial charge in [-0.15, -0.1) is 0 Å². The molecule has 134 valence electrons. The Hall–Kier alpha value is -2.97. The number of alkyl halides is 3. The number of benzene rings is 1. The Morgan fingerprint density at radius 1 is 1.00 bits per heavy atom. The quantitative estimate of drug-likeness (QED) is 0.744. The van der Waals surface area contributed by atoms with Crippen molar-refractivity contribution < 1.29 is 27.2 Å². The van der Waals surface area contributed by atoms with E-state index >= 15 is 0 Å². The largest absolute Gasteiger partial charge is 0.467 e. The minimum Gasteiger partial charge on any atom is -0.467 e. The van der Waals surface area contributed by atoms with Crippen LogP contribution < -0.4 is 16.0 Å². The van der Waals surface area contributed by atoms with E-state index in [1.54, 1.807) is 12.1 Å². The van der Waals surface area contributed by atoms with Crippen molar-refractivity contribution in [3.63, 3.8) is 0 Å². The number of urea groups is 1. The highest BCUT2D eigenvalue weighted by atomic mass is 19.4. The molecule has 0 unspecified atom stereocenters. The summed E-state index contributed by atoms with van der Waals surface area (Å²) in [5.74, 6) is 0.146. The van der Waals surface area contributed by atoms with E-state index in [0.29, 0.717) is 11.3 Å². The van der Waals surface area contributed by atoms with Crippen molar-refractivity contribution >= 4 is 11.9 Å². The summed E-state index contributed by atoms with van der Waals surface area (Å²) < 4.78 is 42.8. The van der Waals surface area contributed by atoms with Crippen molar-refractivity contribution in [3.05, 3.63) is 59.5 Å². The molecule has 0 aliphatic rings. The number of carbonyl (C=O) groups excluding carboxylic acids is 2. The molecule has 0 saturated heterocycles. The maximum atomic E-state index is 12.6. The molecule has 9 heteroatoms. The number of rotatable bonds is 6. The van der Waals surface area contributed by atoms with Crippen LogP contribution in [0.1, 0.15) is 16.9 Å². The van der Waals surface area contributed by atoms with Gasteiger partial charge >= 0.3 is 12.2 Å². The highest BCUT2D eigenvalue weighted by Gasteiger charge is 2.30. The van der Waals surface area contributed by atoms with E-state index in [2.05, 4.69) is 16.0 Å². The van der Waals surface area contributed by atoms with Gasteiger partial charge in [-0.1, -0.05) is 12.1 Å². The Labute approximate surface area is 141 Å². The number of amides is 3. The zero-order valence-corrected chi connectivity index (χ0v) is 13.0. The van der Waals surface area contributed by atoms with E-state index in [0.717, 1.165) is 12.1 Å². The molecule has 25 heavy (non-hydrogen) atoms. The van der Waals surface area contributed by atoms with Gasteiger partial charge in [0, 0.05) is 6.54 Å². The van der Waals surface area contributed by atoms with E-state index < -0.39 is 23.7 Å². The lowest BCUT2D eigenvalue weighted by atomic mass is 10.1. The Morgan fingerprint density at radius 3 is 2.48 bits per heavy atom. The van der Waals surface area contributed by atoms with Crippen LogP contribution in [0.3, 0.4) is 0 Å². The molecule has 0 fully saturated rings. The fourth-order valence-corrected chi connectivity index (χ4v) is 1.92. The van der Waals surface area contributed by atoms with Gasteiger partial charge in [0.25, 0.3) is 0 Å². The second kappa shape index (κ2) is 8.22. The normalized spacial score (nSPS) is 11.0. The van der Waals surface area contributed by atoms with Crippen LogP contribution >= 0.6 is 0 Å². The van der Waals surface area contributed by atoms with Crippen LogP contribution in [0.5, 0.6) is 0 Å². The summed E-state index contributed by atoms with van der Waals surface area (Å²) in [6.07, 6.45) is -2.97. The predicted octanol–water partition coefficient (Wildman–Crippen LogP) is 2.41. The van der Waals surface area contributed by atoms with Crippen molar-refractivity contribution in [2.75, 3.05) is 6.54 Å². The summed E-state index contributed by atoms with van der Waals surface area (Å²) in [7, 11) is 0. The van der Waals surface area contributed by atoms with Gasteiger partial charge < -0.3 is 20.4 Å². The predicted molar refractivity (Wildman–Crippen MR) is 82.2 cm³/mol. The van der Waals surface area contributed by atoms with Crippen LogP contribution in [0, 0.1) is 0 Å². The zero-order chi connectivity index (χ0) is 18.3. The molecule has 0 radical (unpaired) electrons. The van der Waals surface area contributed by atoms with Gasteiger partial charge in [0.1, 0.15) is 5.76 Å². The van der Waals surface area contributed by atoms with Gasteiger partial charge in [-0.05, 0) is 29.8 Å². The smallest absolute Gasteiger partial charge is 0.416 e. The molecule has 1 aromatic heterocycles. The molecule has 1 aromatic carbocycles. The van der Waals surface area contributed by atoms with Crippen LogP contribution in [-0.4, -0.2) is 18.5 Å². The Bertz CT molecular complexity index is 715. The van der Waals surface area contributed by atoms with Gasteiger partial charge in [0.2, 0.25) is 5.91 Å². The molecule has 0 saturated carbocycles. The Morgan fingerprint density at radius 2 is 1.80 bits per heavy atom. The lowest BCUT2D eigenvalue weighted by Crippen LogP contribution is -2.41. The fourth-order valence-electron chi connectivity index (χ4n) is 1.92. The number of hydrogen-bond donors (Lipinski definition) is 3. The first-order chi connectivity index (χ1) is 11.8. The van der Waals surface area contributed by atoms with Crippen LogP contribution in [-0.2, 0) is 24.1 Å². The number of halogens is 3. The van der Waals surface area contributed by atoms with Gasteiger partial charge in [0.05, 0.1) is 24.9 Å². The van der Waals surface area contributed by atoms with Gasteiger partial charge in [-0.3, -0.25) is 4.79 Å². The summed E-state index contributed by atoms with van der Waals surface area (Å²) in [4.78, 5) is 23.1. The third-order valence-corrected chi connectivity index (χ3v) is 3.16. The van der Waals surface area contributed by atoms with Crippen LogP contribution in [0.15, 0.2) is 47.1 Å². The van der Waals surface area contributed by atoms with E-state index in [4.69, 9.17) is 4.42 Å². The summed E-state index contributed by atoms with van der Waals surface area (Å²) in [6.45, 7) is -0.168. The van der Waals surface area contributed by atoms with E-state index in [9.17, 15) is 22.8 Å². The summed E-state index contributed by atoms with van der Waals surface area (Å²) in [5.41, 5.74) is -0.489. The lowest BCUT2D eigenvalue weighted by molar-refractivity contribution is -0.137. The molecular formula is C16H16F3N3O3. The topological polar surface area (TPSA) is 83.4 Å². The zero-order valence-electron chi connectivity index (χ0n) is 13.0. The molecule has 2 rings (SSSR count). The maximum absolute atomic E-state index is 12.6. The average Bonchev–Trinajstić information content (AvgIpc) is 3.09. The highest BCUT2D eigenvalue weighted by Crippen LogP contribution is 2.29. The summed E-state index contributed by atoms with van der Waals surface area (Å²) in [6, 6.07) is 7.34. The molecule has 0 bridgehead atoms.